The lowest BCUT2D eigenvalue weighted by Gasteiger charge is -2.23. The number of pyridine rings is 1. The van der Waals surface area contributed by atoms with Crippen molar-refractivity contribution in [1.29, 1.82) is 0 Å². The van der Waals surface area contributed by atoms with Crippen molar-refractivity contribution in [2.75, 3.05) is 7.05 Å². The Labute approximate surface area is 115 Å². The van der Waals surface area contributed by atoms with Crippen LogP contribution in [0.2, 0.25) is 0 Å². The van der Waals surface area contributed by atoms with Gasteiger partial charge in [-0.05, 0) is 43.9 Å². The van der Waals surface area contributed by atoms with E-state index in [2.05, 4.69) is 55.7 Å². The Morgan fingerprint density at radius 2 is 2.00 bits per heavy atom. The Balaban J connectivity index is 1.79. The number of rotatable bonds is 5. The lowest BCUT2D eigenvalue weighted by Crippen LogP contribution is -2.35. The van der Waals surface area contributed by atoms with Crippen LogP contribution in [0.1, 0.15) is 25.5 Å². The Bertz CT molecular complexity index is 560. The first-order valence-corrected chi connectivity index (χ1v) is 7.30. The molecule has 0 spiro atoms. The van der Waals surface area contributed by atoms with Gasteiger partial charge >= 0.3 is 0 Å². The molecule has 100 valence electrons. The van der Waals surface area contributed by atoms with E-state index < -0.39 is 0 Å². The van der Waals surface area contributed by atoms with Gasteiger partial charge in [-0.1, -0.05) is 31.2 Å². The largest absolute Gasteiger partial charge is 0.316 e. The maximum Gasteiger partial charge on any atom is 0.0705 e. The summed E-state index contributed by atoms with van der Waals surface area (Å²) in [4.78, 5) is 4.79. The van der Waals surface area contributed by atoms with Crippen LogP contribution in [0.5, 0.6) is 0 Å². The lowest BCUT2D eigenvalue weighted by atomic mass is 9.93. The Kier molecular flexibility index (Phi) is 3.52. The van der Waals surface area contributed by atoms with E-state index in [0.717, 1.165) is 23.8 Å². The number of aromatic nitrogens is 1. The van der Waals surface area contributed by atoms with Crippen molar-refractivity contribution in [3.05, 3.63) is 42.1 Å². The molecule has 1 aliphatic rings. The van der Waals surface area contributed by atoms with E-state index in [1.165, 1.54) is 23.9 Å². The predicted molar refractivity (Wildman–Crippen MR) is 80.2 cm³/mol. The van der Waals surface area contributed by atoms with Crippen molar-refractivity contribution in [2.45, 2.75) is 32.2 Å². The summed E-state index contributed by atoms with van der Waals surface area (Å²) in [5, 5.41) is 4.70. The molecule has 1 heterocycles. The summed E-state index contributed by atoms with van der Waals surface area (Å²) in [5.41, 5.74) is 2.31. The van der Waals surface area contributed by atoms with E-state index in [-0.39, 0.29) is 0 Å². The number of nitrogens with one attached hydrogen (secondary N) is 1. The van der Waals surface area contributed by atoms with E-state index in [0.29, 0.717) is 6.04 Å². The van der Waals surface area contributed by atoms with Crippen molar-refractivity contribution < 1.29 is 0 Å². The van der Waals surface area contributed by atoms with Gasteiger partial charge < -0.3 is 5.32 Å². The van der Waals surface area contributed by atoms with Crippen molar-refractivity contribution in [3.63, 3.8) is 0 Å². The summed E-state index contributed by atoms with van der Waals surface area (Å²) in [6, 6.07) is 13.2. The highest BCUT2D eigenvalue weighted by Crippen LogP contribution is 2.38. The molecule has 2 nitrogen and oxygen atoms in total. The molecule has 3 rings (SSSR count). The third-order valence-corrected chi connectivity index (χ3v) is 4.46. The molecule has 1 saturated carbocycles. The Morgan fingerprint density at radius 3 is 2.74 bits per heavy atom. The highest BCUT2D eigenvalue weighted by molar-refractivity contribution is 5.78. The van der Waals surface area contributed by atoms with Gasteiger partial charge in [0, 0.05) is 23.5 Å². The van der Waals surface area contributed by atoms with Crippen molar-refractivity contribution in [3.8, 4) is 0 Å². The van der Waals surface area contributed by atoms with E-state index in [9.17, 15) is 0 Å². The normalized spacial score (nSPS) is 18.4. The molecule has 2 atom stereocenters. The number of likely N-dealkylation sites (N-methyl/N-ethyl adjacent to an activating group) is 1. The van der Waals surface area contributed by atoms with Crippen LogP contribution in [-0.4, -0.2) is 18.1 Å². The van der Waals surface area contributed by atoms with Crippen molar-refractivity contribution in [2.24, 2.45) is 11.8 Å². The molecule has 0 saturated heterocycles. The van der Waals surface area contributed by atoms with Crippen LogP contribution in [0.25, 0.3) is 10.9 Å². The molecule has 0 bridgehead atoms. The first kappa shape index (κ1) is 12.6. The van der Waals surface area contributed by atoms with Crippen LogP contribution < -0.4 is 5.32 Å². The average molecular weight is 254 g/mol. The van der Waals surface area contributed by atoms with Gasteiger partial charge in [0.05, 0.1) is 5.52 Å². The van der Waals surface area contributed by atoms with Gasteiger partial charge in [0.2, 0.25) is 0 Å². The molecule has 1 fully saturated rings. The fourth-order valence-electron chi connectivity index (χ4n) is 2.95. The monoisotopic (exact) mass is 254 g/mol. The zero-order chi connectivity index (χ0) is 13.2. The van der Waals surface area contributed by atoms with E-state index >= 15 is 0 Å². The molecule has 2 heteroatoms. The number of para-hydroxylation sites is 1. The second-order valence-electron chi connectivity index (χ2n) is 5.79. The molecule has 0 radical (unpaired) electrons. The fraction of sp³-hybridized carbons (Fsp3) is 0.471. The van der Waals surface area contributed by atoms with Crippen molar-refractivity contribution >= 4 is 10.9 Å². The highest BCUT2D eigenvalue weighted by atomic mass is 14.9. The molecule has 1 aliphatic carbocycles. The second kappa shape index (κ2) is 5.30. The number of hydrogen-bond donors (Lipinski definition) is 1. The molecule has 1 aromatic heterocycles. The third-order valence-electron chi connectivity index (χ3n) is 4.46. The quantitative estimate of drug-likeness (QED) is 0.884. The van der Waals surface area contributed by atoms with E-state index in [1.54, 1.807) is 0 Å². The maximum atomic E-state index is 4.79. The standard InChI is InChI=1S/C17H22N2/c1-12(13-7-8-13)17(18-2)11-15-10-9-14-5-3-4-6-16(14)19-15/h3-6,9-10,12-13,17-18H,7-8,11H2,1-2H3. The Hall–Kier alpha value is -1.41. The van der Waals surface area contributed by atoms with Gasteiger partial charge in [0.1, 0.15) is 0 Å². The molecule has 0 aliphatic heterocycles. The zero-order valence-electron chi connectivity index (χ0n) is 11.8. The molecule has 2 unspecified atom stereocenters. The first-order chi connectivity index (χ1) is 9.28. The van der Waals surface area contributed by atoms with Crippen LogP contribution in [0.15, 0.2) is 36.4 Å². The number of nitrogens with zero attached hydrogens (tertiary/aromatic N) is 1. The molecule has 19 heavy (non-hydrogen) atoms. The minimum absolute atomic E-state index is 0.543. The minimum Gasteiger partial charge on any atom is -0.316 e. The van der Waals surface area contributed by atoms with Crippen LogP contribution in [0.3, 0.4) is 0 Å². The van der Waals surface area contributed by atoms with E-state index in [1.807, 2.05) is 0 Å². The van der Waals surface area contributed by atoms with Crippen LogP contribution in [-0.2, 0) is 6.42 Å². The van der Waals surface area contributed by atoms with Crippen molar-refractivity contribution in [1.82, 2.24) is 10.3 Å². The number of fused-ring (bicyclic) bond motifs is 1. The molecule has 0 amide bonds. The summed E-state index contributed by atoms with van der Waals surface area (Å²) < 4.78 is 0. The SMILES string of the molecule is CNC(Cc1ccc2ccccc2n1)C(C)C1CC1. The molecular formula is C17H22N2. The summed E-state index contributed by atoms with van der Waals surface area (Å²) in [7, 11) is 2.07. The van der Waals surface area contributed by atoms with Gasteiger partial charge in [0.25, 0.3) is 0 Å². The van der Waals surface area contributed by atoms with Crippen LogP contribution >= 0.6 is 0 Å². The smallest absolute Gasteiger partial charge is 0.0705 e. The minimum atomic E-state index is 0.543. The summed E-state index contributed by atoms with van der Waals surface area (Å²) in [5.74, 6) is 1.68. The van der Waals surface area contributed by atoms with Gasteiger partial charge in [0.15, 0.2) is 0 Å². The summed E-state index contributed by atoms with van der Waals surface area (Å²) >= 11 is 0. The predicted octanol–water partition coefficient (Wildman–Crippen LogP) is 3.41. The molecule has 2 aromatic rings. The molecule has 1 N–H and O–H groups in total. The Morgan fingerprint density at radius 1 is 1.21 bits per heavy atom. The van der Waals surface area contributed by atoms with E-state index in [4.69, 9.17) is 4.98 Å². The average Bonchev–Trinajstić information content (AvgIpc) is 3.28. The van der Waals surface area contributed by atoms with Crippen LogP contribution in [0, 0.1) is 11.8 Å². The number of hydrogen-bond acceptors (Lipinski definition) is 2. The zero-order valence-corrected chi connectivity index (χ0v) is 11.8. The van der Waals surface area contributed by atoms with Gasteiger partial charge in [-0.3, -0.25) is 4.98 Å². The van der Waals surface area contributed by atoms with Crippen LogP contribution in [0.4, 0.5) is 0 Å². The maximum absolute atomic E-state index is 4.79. The van der Waals surface area contributed by atoms with Gasteiger partial charge in [-0.25, -0.2) is 0 Å². The molecule has 1 aromatic carbocycles. The number of benzene rings is 1. The fourth-order valence-corrected chi connectivity index (χ4v) is 2.95. The first-order valence-electron chi connectivity index (χ1n) is 7.30. The van der Waals surface area contributed by atoms with Gasteiger partial charge in [-0.2, -0.15) is 0 Å². The summed E-state index contributed by atoms with van der Waals surface area (Å²) in [6.45, 7) is 2.37. The second-order valence-corrected chi connectivity index (χ2v) is 5.79. The summed E-state index contributed by atoms with van der Waals surface area (Å²) in [6.07, 6.45) is 3.84. The third kappa shape index (κ3) is 2.79. The molecular weight excluding hydrogens is 232 g/mol. The van der Waals surface area contributed by atoms with Gasteiger partial charge in [-0.15, -0.1) is 0 Å². The highest BCUT2D eigenvalue weighted by Gasteiger charge is 2.32. The topological polar surface area (TPSA) is 24.9 Å². The lowest BCUT2D eigenvalue weighted by molar-refractivity contribution is 0.356.